The molecule has 0 bridgehead atoms. The summed E-state index contributed by atoms with van der Waals surface area (Å²) in [5.41, 5.74) is 0.522. The van der Waals surface area contributed by atoms with E-state index >= 15 is 0 Å². The van der Waals surface area contributed by atoms with Gasteiger partial charge in [-0.25, -0.2) is 0 Å². The molecule has 0 saturated carbocycles. The number of rotatable bonds is 4. The van der Waals surface area contributed by atoms with Crippen LogP contribution in [-0.2, 0) is 0 Å². The average Bonchev–Trinajstić information content (AvgIpc) is 2.18. The number of aliphatic hydroxyl groups is 3. The van der Waals surface area contributed by atoms with E-state index in [1.807, 2.05) is 6.92 Å². The predicted molar refractivity (Wildman–Crippen MR) is 54.8 cm³/mol. The molecule has 1 aliphatic carbocycles. The first-order valence-electron chi connectivity index (χ1n) is 5.09. The SMILES string of the molecule is CCCC[C@@H](O)C1=CC=C[C@H](O)[C@@H]1O. The molecule has 0 radical (unpaired) electrons. The lowest BCUT2D eigenvalue weighted by atomic mass is 9.92. The zero-order valence-corrected chi connectivity index (χ0v) is 8.43. The molecule has 1 aliphatic rings. The van der Waals surface area contributed by atoms with Crippen molar-refractivity contribution >= 4 is 0 Å². The van der Waals surface area contributed by atoms with Crippen LogP contribution in [0.15, 0.2) is 23.8 Å². The predicted octanol–water partition coefficient (Wildman–Crippen LogP) is 0.755. The highest BCUT2D eigenvalue weighted by Crippen LogP contribution is 2.20. The quantitative estimate of drug-likeness (QED) is 0.625. The van der Waals surface area contributed by atoms with E-state index in [0.717, 1.165) is 12.8 Å². The van der Waals surface area contributed by atoms with Gasteiger partial charge in [-0.1, -0.05) is 38.0 Å². The van der Waals surface area contributed by atoms with Crippen LogP contribution in [0, 0.1) is 0 Å². The van der Waals surface area contributed by atoms with E-state index in [1.165, 1.54) is 6.08 Å². The topological polar surface area (TPSA) is 60.7 Å². The maximum absolute atomic E-state index is 9.72. The third-order valence-corrected chi connectivity index (χ3v) is 2.48. The molecule has 3 heteroatoms. The maximum atomic E-state index is 9.72. The van der Waals surface area contributed by atoms with Gasteiger partial charge in [0.1, 0.15) is 12.2 Å². The molecule has 0 fully saturated rings. The Morgan fingerprint density at radius 2 is 2.14 bits per heavy atom. The summed E-state index contributed by atoms with van der Waals surface area (Å²) in [6.07, 6.45) is 4.96. The molecule has 14 heavy (non-hydrogen) atoms. The fourth-order valence-corrected chi connectivity index (χ4v) is 1.55. The van der Waals surface area contributed by atoms with Gasteiger partial charge in [-0.05, 0) is 12.0 Å². The van der Waals surface area contributed by atoms with Crippen molar-refractivity contribution in [2.24, 2.45) is 0 Å². The van der Waals surface area contributed by atoms with E-state index in [1.54, 1.807) is 12.2 Å². The lowest BCUT2D eigenvalue weighted by molar-refractivity contribution is 0.0496. The van der Waals surface area contributed by atoms with Gasteiger partial charge in [-0.15, -0.1) is 0 Å². The first kappa shape index (κ1) is 11.4. The van der Waals surface area contributed by atoms with Crippen molar-refractivity contribution in [1.82, 2.24) is 0 Å². The smallest absolute Gasteiger partial charge is 0.107 e. The van der Waals surface area contributed by atoms with Crippen LogP contribution in [0.3, 0.4) is 0 Å². The average molecular weight is 198 g/mol. The molecule has 0 aliphatic heterocycles. The van der Waals surface area contributed by atoms with Gasteiger partial charge in [-0.2, -0.15) is 0 Å². The minimum atomic E-state index is -0.952. The normalized spacial score (nSPS) is 28.7. The summed E-state index contributed by atoms with van der Waals surface area (Å²) in [4.78, 5) is 0. The number of hydrogen-bond donors (Lipinski definition) is 3. The van der Waals surface area contributed by atoms with Crippen LogP contribution >= 0.6 is 0 Å². The second kappa shape index (κ2) is 5.29. The third kappa shape index (κ3) is 2.67. The molecule has 0 aromatic heterocycles. The van der Waals surface area contributed by atoms with Crippen LogP contribution in [-0.4, -0.2) is 33.6 Å². The first-order valence-corrected chi connectivity index (χ1v) is 5.09. The molecule has 0 unspecified atom stereocenters. The molecule has 0 aromatic rings. The molecule has 3 N–H and O–H groups in total. The number of hydrogen-bond acceptors (Lipinski definition) is 3. The number of aliphatic hydroxyl groups excluding tert-OH is 3. The summed E-state index contributed by atoms with van der Waals surface area (Å²) in [7, 11) is 0. The molecular formula is C11H18O3. The number of unbranched alkanes of at least 4 members (excludes halogenated alkanes) is 1. The highest BCUT2D eigenvalue weighted by atomic mass is 16.3. The van der Waals surface area contributed by atoms with Crippen molar-refractivity contribution in [3.63, 3.8) is 0 Å². The van der Waals surface area contributed by atoms with Crippen molar-refractivity contribution in [2.45, 2.75) is 44.5 Å². The van der Waals surface area contributed by atoms with E-state index in [2.05, 4.69) is 0 Å². The van der Waals surface area contributed by atoms with Crippen LogP contribution in [0.5, 0.6) is 0 Å². The van der Waals surface area contributed by atoms with Gasteiger partial charge in [0.15, 0.2) is 0 Å². The zero-order valence-electron chi connectivity index (χ0n) is 8.43. The van der Waals surface area contributed by atoms with Gasteiger partial charge >= 0.3 is 0 Å². The van der Waals surface area contributed by atoms with E-state index < -0.39 is 18.3 Å². The molecule has 1 rings (SSSR count). The van der Waals surface area contributed by atoms with Gasteiger partial charge in [0, 0.05) is 0 Å². The van der Waals surface area contributed by atoms with Gasteiger partial charge in [-0.3, -0.25) is 0 Å². The minimum Gasteiger partial charge on any atom is -0.389 e. The summed E-state index contributed by atoms with van der Waals surface area (Å²) in [6, 6.07) is 0. The van der Waals surface area contributed by atoms with E-state index in [-0.39, 0.29) is 0 Å². The Labute approximate surface area is 84.4 Å². The molecular weight excluding hydrogens is 180 g/mol. The van der Waals surface area contributed by atoms with E-state index in [9.17, 15) is 15.3 Å². The highest BCUT2D eigenvalue weighted by Gasteiger charge is 2.25. The van der Waals surface area contributed by atoms with Crippen molar-refractivity contribution in [3.8, 4) is 0 Å². The Morgan fingerprint density at radius 3 is 2.79 bits per heavy atom. The molecule has 0 amide bonds. The van der Waals surface area contributed by atoms with Crippen LogP contribution in [0.4, 0.5) is 0 Å². The molecule has 3 nitrogen and oxygen atoms in total. The monoisotopic (exact) mass is 198 g/mol. The van der Waals surface area contributed by atoms with Crippen LogP contribution in [0.1, 0.15) is 26.2 Å². The zero-order chi connectivity index (χ0) is 10.6. The van der Waals surface area contributed by atoms with Crippen LogP contribution < -0.4 is 0 Å². The standard InChI is InChI=1S/C11H18O3/c1-2-3-6-9(12)8-5-4-7-10(13)11(8)14/h4-5,7,9-14H,2-3,6H2,1H3/t9-,10+,11-/m1/s1. The Balaban J connectivity index is 2.57. The summed E-state index contributed by atoms with van der Waals surface area (Å²) < 4.78 is 0. The van der Waals surface area contributed by atoms with Crippen LogP contribution in [0.2, 0.25) is 0 Å². The molecule has 80 valence electrons. The first-order chi connectivity index (χ1) is 6.66. The Hall–Kier alpha value is -0.640. The summed E-state index contributed by atoms with van der Waals surface area (Å²) in [5, 5.41) is 28.6. The van der Waals surface area contributed by atoms with Gasteiger partial charge in [0.05, 0.1) is 6.10 Å². The lowest BCUT2D eigenvalue weighted by Crippen LogP contribution is -2.33. The fraction of sp³-hybridized carbons (Fsp3) is 0.636. The third-order valence-electron chi connectivity index (χ3n) is 2.48. The van der Waals surface area contributed by atoms with Crippen molar-refractivity contribution in [1.29, 1.82) is 0 Å². The summed E-state index contributed by atoms with van der Waals surface area (Å²) in [5.74, 6) is 0. The molecule has 0 spiro atoms. The molecule has 0 aromatic carbocycles. The largest absolute Gasteiger partial charge is 0.389 e. The summed E-state index contributed by atoms with van der Waals surface area (Å²) in [6.45, 7) is 2.05. The van der Waals surface area contributed by atoms with Gasteiger partial charge < -0.3 is 15.3 Å². The fourth-order valence-electron chi connectivity index (χ4n) is 1.55. The molecule has 0 heterocycles. The van der Waals surface area contributed by atoms with Gasteiger partial charge in [0.2, 0.25) is 0 Å². The Morgan fingerprint density at radius 1 is 1.43 bits per heavy atom. The van der Waals surface area contributed by atoms with Crippen molar-refractivity contribution in [3.05, 3.63) is 23.8 Å². The maximum Gasteiger partial charge on any atom is 0.107 e. The van der Waals surface area contributed by atoms with E-state index in [0.29, 0.717) is 12.0 Å². The highest BCUT2D eigenvalue weighted by molar-refractivity contribution is 5.28. The second-order valence-electron chi connectivity index (χ2n) is 3.65. The van der Waals surface area contributed by atoms with Gasteiger partial charge in [0.25, 0.3) is 0 Å². The molecule has 0 saturated heterocycles. The Bertz CT molecular complexity index is 233. The minimum absolute atomic E-state index is 0.522. The number of allylic oxidation sites excluding steroid dienone is 2. The van der Waals surface area contributed by atoms with Crippen LogP contribution in [0.25, 0.3) is 0 Å². The molecule has 3 atom stereocenters. The summed E-state index contributed by atoms with van der Waals surface area (Å²) >= 11 is 0. The lowest BCUT2D eigenvalue weighted by Gasteiger charge is -2.24. The van der Waals surface area contributed by atoms with Crippen molar-refractivity contribution in [2.75, 3.05) is 0 Å². The second-order valence-corrected chi connectivity index (χ2v) is 3.65. The van der Waals surface area contributed by atoms with E-state index in [4.69, 9.17) is 0 Å². The van der Waals surface area contributed by atoms with Crippen molar-refractivity contribution < 1.29 is 15.3 Å². The Kier molecular flexibility index (Phi) is 4.32.